The van der Waals surface area contributed by atoms with Gasteiger partial charge in [-0.1, -0.05) is 48.5 Å². The molecule has 0 aromatic heterocycles. The van der Waals surface area contributed by atoms with E-state index < -0.39 is 30.0 Å². The van der Waals surface area contributed by atoms with E-state index in [0.29, 0.717) is 24.1 Å². The normalized spacial score (nSPS) is 15.3. The van der Waals surface area contributed by atoms with Gasteiger partial charge in [0.15, 0.2) is 0 Å². The Morgan fingerprint density at radius 1 is 0.973 bits per heavy atom. The Bertz CT molecular complexity index is 1190. The number of nitrogens with one attached hydrogen (secondary N) is 2. The van der Waals surface area contributed by atoms with E-state index in [1.54, 1.807) is 0 Å². The number of aliphatic carboxylic acids is 1. The first-order valence-corrected chi connectivity index (χ1v) is 12.3. The number of alkyl carbamates (subject to hydrolysis) is 1. The number of benzene rings is 2. The van der Waals surface area contributed by atoms with Crippen molar-refractivity contribution in [1.82, 2.24) is 10.6 Å². The molecule has 0 radical (unpaired) electrons. The predicted molar refractivity (Wildman–Crippen MR) is 135 cm³/mol. The van der Waals surface area contributed by atoms with Crippen molar-refractivity contribution < 1.29 is 33.8 Å². The third-order valence-electron chi connectivity index (χ3n) is 6.77. The number of hydrogen-bond donors (Lipinski definition) is 3. The first kappa shape index (κ1) is 25.9. The first-order valence-electron chi connectivity index (χ1n) is 12.3. The molecule has 0 saturated carbocycles. The summed E-state index contributed by atoms with van der Waals surface area (Å²) in [5, 5.41) is 14.4. The number of allylic oxidation sites excluding steroid dienone is 1. The van der Waals surface area contributed by atoms with E-state index in [-0.39, 0.29) is 25.4 Å². The molecule has 0 aliphatic heterocycles. The van der Waals surface area contributed by atoms with Crippen molar-refractivity contribution in [2.45, 2.75) is 50.5 Å². The van der Waals surface area contributed by atoms with E-state index >= 15 is 0 Å². The Labute approximate surface area is 214 Å². The van der Waals surface area contributed by atoms with E-state index in [1.807, 2.05) is 48.5 Å². The number of esters is 1. The van der Waals surface area contributed by atoms with Crippen molar-refractivity contribution in [1.29, 1.82) is 0 Å². The van der Waals surface area contributed by atoms with Crippen LogP contribution in [-0.4, -0.2) is 48.8 Å². The van der Waals surface area contributed by atoms with Crippen molar-refractivity contribution in [2.75, 3.05) is 13.7 Å². The van der Waals surface area contributed by atoms with Crippen LogP contribution in [0.2, 0.25) is 0 Å². The molecule has 0 unspecified atom stereocenters. The number of fused-ring (bicyclic) bond motifs is 3. The predicted octanol–water partition coefficient (Wildman–Crippen LogP) is 3.88. The second-order valence-corrected chi connectivity index (χ2v) is 9.10. The molecule has 0 heterocycles. The number of carbonyl (C=O) groups is 4. The van der Waals surface area contributed by atoms with E-state index in [9.17, 15) is 19.2 Å². The molecule has 9 nitrogen and oxygen atoms in total. The molecule has 194 valence electrons. The highest BCUT2D eigenvalue weighted by Crippen LogP contribution is 2.44. The molecule has 2 aliphatic rings. The minimum Gasteiger partial charge on any atom is -0.481 e. The van der Waals surface area contributed by atoms with Crippen LogP contribution in [0, 0.1) is 0 Å². The Hall–Kier alpha value is -4.14. The van der Waals surface area contributed by atoms with Gasteiger partial charge in [0.2, 0.25) is 5.91 Å². The smallest absolute Gasteiger partial charge is 0.407 e. The van der Waals surface area contributed by atoms with Gasteiger partial charge in [-0.25, -0.2) is 9.59 Å². The number of carboxylic acid groups (broad SMARTS) is 1. The summed E-state index contributed by atoms with van der Waals surface area (Å²) in [5.74, 6) is -2.37. The van der Waals surface area contributed by atoms with Crippen LogP contribution in [0.5, 0.6) is 0 Å². The lowest BCUT2D eigenvalue weighted by molar-refractivity contribution is -0.137. The third-order valence-corrected chi connectivity index (χ3v) is 6.77. The van der Waals surface area contributed by atoms with Crippen molar-refractivity contribution in [3.05, 3.63) is 70.9 Å². The van der Waals surface area contributed by atoms with Crippen LogP contribution >= 0.6 is 0 Å². The maximum absolute atomic E-state index is 13.0. The van der Waals surface area contributed by atoms with Crippen LogP contribution < -0.4 is 10.6 Å². The molecule has 0 saturated heterocycles. The van der Waals surface area contributed by atoms with Crippen LogP contribution in [0.15, 0.2) is 59.8 Å². The van der Waals surface area contributed by atoms with Crippen LogP contribution in [0.3, 0.4) is 0 Å². The summed E-state index contributed by atoms with van der Waals surface area (Å²) < 4.78 is 10.4. The number of methoxy groups -OCH3 is 1. The average Bonchev–Trinajstić information content (AvgIpc) is 3.23. The summed E-state index contributed by atoms with van der Waals surface area (Å²) in [5.41, 5.74) is 5.12. The maximum Gasteiger partial charge on any atom is 0.407 e. The molecule has 4 rings (SSSR count). The zero-order valence-corrected chi connectivity index (χ0v) is 20.6. The summed E-state index contributed by atoms with van der Waals surface area (Å²) in [6, 6.07) is 14.7. The minimum absolute atomic E-state index is 0.0603. The molecule has 0 bridgehead atoms. The van der Waals surface area contributed by atoms with Gasteiger partial charge in [-0.3, -0.25) is 9.59 Å². The van der Waals surface area contributed by atoms with Gasteiger partial charge < -0.3 is 25.2 Å². The standard InChI is InChI=1S/C28H30N2O7/c1-36-27(34)21-12-6-7-13-23(21)29-26(33)24(14-15-25(31)32)30-28(35)37-16-22-19-10-4-2-8-17(19)18-9-3-5-11-20(18)22/h2-5,8-11,22,24H,6-7,12-16H2,1H3,(H,29,33)(H,30,35)(H,31,32)/t24-/m0/s1. The molecule has 3 N–H and O–H groups in total. The monoisotopic (exact) mass is 506 g/mol. The van der Waals surface area contributed by atoms with Gasteiger partial charge in [0.1, 0.15) is 12.6 Å². The van der Waals surface area contributed by atoms with Crippen molar-refractivity contribution in [3.8, 4) is 11.1 Å². The summed E-state index contributed by atoms with van der Waals surface area (Å²) in [6.07, 6.45) is 1.25. The van der Waals surface area contributed by atoms with Gasteiger partial charge in [-0.2, -0.15) is 0 Å². The molecule has 0 fully saturated rings. The minimum atomic E-state index is -1.15. The zero-order chi connectivity index (χ0) is 26.4. The van der Waals surface area contributed by atoms with Gasteiger partial charge >= 0.3 is 18.0 Å². The fourth-order valence-corrected chi connectivity index (χ4v) is 4.95. The van der Waals surface area contributed by atoms with Crippen molar-refractivity contribution in [2.24, 2.45) is 0 Å². The average molecular weight is 507 g/mol. The third kappa shape index (κ3) is 5.99. The van der Waals surface area contributed by atoms with Gasteiger partial charge in [0, 0.05) is 18.0 Å². The van der Waals surface area contributed by atoms with Crippen molar-refractivity contribution >= 4 is 23.9 Å². The fourth-order valence-electron chi connectivity index (χ4n) is 4.95. The molecular weight excluding hydrogens is 476 g/mol. The molecule has 0 spiro atoms. The van der Waals surface area contributed by atoms with Crippen LogP contribution in [0.1, 0.15) is 55.6 Å². The van der Waals surface area contributed by atoms with Gasteiger partial charge in [-0.15, -0.1) is 0 Å². The second-order valence-electron chi connectivity index (χ2n) is 9.10. The molecule has 1 atom stereocenters. The Balaban J connectivity index is 1.44. The number of rotatable bonds is 9. The molecule has 2 aliphatic carbocycles. The van der Waals surface area contributed by atoms with Crippen molar-refractivity contribution in [3.63, 3.8) is 0 Å². The number of amides is 2. The van der Waals surface area contributed by atoms with Crippen LogP contribution in [-0.2, 0) is 23.9 Å². The van der Waals surface area contributed by atoms with E-state index in [2.05, 4.69) is 10.6 Å². The van der Waals surface area contributed by atoms with Crippen LogP contribution in [0.4, 0.5) is 4.79 Å². The fraction of sp³-hybridized carbons (Fsp3) is 0.357. The maximum atomic E-state index is 13.0. The SMILES string of the molecule is COC(=O)C1=C(NC(=O)[C@H](CCC(=O)O)NC(=O)OCC2c3ccccc3-c3ccccc32)CCCC1. The highest BCUT2D eigenvalue weighted by molar-refractivity contribution is 5.92. The highest BCUT2D eigenvalue weighted by atomic mass is 16.5. The second kappa shape index (κ2) is 11.7. The number of hydrogen-bond acceptors (Lipinski definition) is 6. The topological polar surface area (TPSA) is 131 Å². The van der Waals surface area contributed by atoms with E-state index in [0.717, 1.165) is 35.1 Å². The number of ether oxygens (including phenoxy) is 2. The molecule has 2 aromatic carbocycles. The van der Waals surface area contributed by atoms with Gasteiger partial charge in [0.05, 0.1) is 12.7 Å². The summed E-state index contributed by atoms with van der Waals surface area (Å²) in [6.45, 7) is 0.0603. The highest BCUT2D eigenvalue weighted by Gasteiger charge is 2.30. The molecule has 2 aromatic rings. The zero-order valence-electron chi connectivity index (χ0n) is 20.6. The molecular formula is C28H30N2O7. The number of carboxylic acids is 1. The Morgan fingerprint density at radius 2 is 1.59 bits per heavy atom. The van der Waals surface area contributed by atoms with Crippen LogP contribution in [0.25, 0.3) is 11.1 Å². The lowest BCUT2D eigenvalue weighted by Gasteiger charge is -2.23. The lowest BCUT2D eigenvalue weighted by atomic mass is 9.96. The summed E-state index contributed by atoms with van der Waals surface area (Å²) in [7, 11) is 1.28. The van der Waals surface area contributed by atoms with E-state index in [1.165, 1.54) is 7.11 Å². The molecule has 9 heteroatoms. The molecule has 2 amide bonds. The van der Waals surface area contributed by atoms with Gasteiger partial charge in [-0.05, 0) is 54.4 Å². The van der Waals surface area contributed by atoms with E-state index in [4.69, 9.17) is 14.6 Å². The summed E-state index contributed by atoms with van der Waals surface area (Å²) in [4.78, 5) is 49.1. The first-order chi connectivity index (χ1) is 17.9. The number of carbonyl (C=O) groups excluding carboxylic acids is 3. The molecule has 37 heavy (non-hydrogen) atoms. The lowest BCUT2D eigenvalue weighted by Crippen LogP contribution is -2.47. The van der Waals surface area contributed by atoms with Gasteiger partial charge in [0.25, 0.3) is 0 Å². The quantitative estimate of drug-likeness (QED) is 0.440. The summed E-state index contributed by atoms with van der Waals surface area (Å²) >= 11 is 0. The largest absolute Gasteiger partial charge is 0.481 e. The Kier molecular flexibility index (Phi) is 8.22. The Morgan fingerprint density at radius 3 is 2.22 bits per heavy atom.